The van der Waals surface area contributed by atoms with Crippen molar-refractivity contribution in [3.8, 4) is 11.1 Å². The van der Waals surface area contributed by atoms with E-state index in [9.17, 15) is 4.79 Å². The van der Waals surface area contributed by atoms with Gasteiger partial charge >= 0.3 is 0 Å². The van der Waals surface area contributed by atoms with Gasteiger partial charge in [0.1, 0.15) is 0 Å². The summed E-state index contributed by atoms with van der Waals surface area (Å²) in [5.41, 5.74) is 4.35. The zero-order chi connectivity index (χ0) is 14.0. The van der Waals surface area contributed by atoms with Crippen LogP contribution in [0.3, 0.4) is 0 Å². The first kappa shape index (κ1) is 13.6. The number of pyridine rings is 1. The summed E-state index contributed by atoms with van der Waals surface area (Å²) in [6.07, 6.45) is 1.89. The van der Waals surface area contributed by atoms with E-state index in [1.54, 1.807) is 11.6 Å². The molecule has 2 aromatic rings. The number of benzene rings is 1. The SMILES string of the molecule is Cc1cc(-c2ccc(CN(C)C)cc2)cn(C)c1=O. The van der Waals surface area contributed by atoms with Crippen LogP contribution >= 0.6 is 0 Å². The van der Waals surface area contributed by atoms with Gasteiger partial charge in [0.2, 0.25) is 0 Å². The normalized spacial score (nSPS) is 11.0. The summed E-state index contributed by atoms with van der Waals surface area (Å²) in [6.45, 7) is 2.79. The smallest absolute Gasteiger partial charge is 0.253 e. The van der Waals surface area contributed by atoms with E-state index >= 15 is 0 Å². The van der Waals surface area contributed by atoms with E-state index in [4.69, 9.17) is 0 Å². The van der Waals surface area contributed by atoms with Crippen molar-refractivity contribution < 1.29 is 0 Å². The second-order valence-corrected chi connectivity index (χ2v) is 5.26. The van der Waals surface area contributed by atoms with E-state index in [1.807, 2.05) is 19.2 Å². The largest absolute Gasteiger partial charge is 0.318 e. The molecule has 0 aliphatic carbocycles. The van der Waals surface area contributed by atoms with Crippen molar-refractivity contribution in [2.75, 3.05) is 14.1 Å². The van der Waals surface area contributed by atoms with Crippen LogP contribution in [0.5, 0.6) is 0 Å². The fourth-order valence-electron chi connectivity index (χ4n) is 2.20. The molecule has 1 aromatic heterocycles. The summed E-state index contributed by atoms with van der Waals surface area (Å²) in [7, 11) is 5.91. The minimum absolute atomic E-state index is 0.0629. The van der Waals surface area contributed by atoms with Gasteiger partial charge in [-0.15, -0.1) is 0 Å². The highest BCUT2D eigenvalue weighted by Gasteiger charge is 2.03. The van der Waals surface area contributed by atoms with E-state index in [2.05, 4.69) is 43.3 Å². The Balaban J connectivity index is 2.35. The Morgan fingerprint density at radius 2 is 1.74 bits per heavy atom. The summed E-state index contributed by atoms with van der Waals surface area (Å²) in [4.78, 5) is 13.8. The predicted molar refractivity (Wildman–Crippen MR) is 79.2 cm³/mol. The van der Waals surface area contributed by atoms with Gasteiger partial charge in [0.05, 0.1) is 0 Å². The van der Waals surface area contributed by atoms with Crippen molar-refractivity contribution in [1.29, 1.82) is 0 Å². The van der Waals surface area contributed by atoms with Gasteiger partial charge in [-0.1, -0.05) is 24.3 Å². The van der Waals surface area contributed by atoms with Crippen LogP contribution < -0.4 is 5.56 Å². The van der Waals surface area contributed by atoms with Crippen LogP contribution in [0.4, 0.5) is 0 Å². The van der Waals surface area contributed by atoms with Crippen LogP contribution in [0.1, 0.15) is 11.1 Å². The van der Waals surface area contributed by atoms with Crippen molar-refractivity contribution in [2.24, 2.45) is 7.05 Å². The van der Waals surface area contributed by atoms with Crippen molar-refractivity contribution in [1.82, 2.24) is 9.47 Å². The fourth-order valence-corrected chi connectivity index (χ4v) is 2.20. The van der Waals surface area contributed by atoms with Crippen LogP contribution in [0.25, 0.3) is 11.1 Å². The van der Waals surface area contributed by atoms with Crippen molar-refractivity contribution in [3.63, 3.8) is 0 Å². The number of nitrogens with zero attached hydrogens (tertiary/aromatic N) is 2. The quantitative estimate of drug-likeness (QED) is 0.842. The molecule has 0 saturated carbocycles. The summed E-state index contributed by atoms with van der Waals surface area (Å²) in [5, 5.41) is 0. The highest BCUT2D eigenvalue weighted by atomic mass is 16.1. The summed E-state index contributed by atoms with van der Waals surface area (Å²) >= 11 is 0. The number of aromatic nitrogens is 1. The lowest BCUT2D eigenvalue weighted by Crippen LogP contribution is -2.18. The summed E-state index contributed by atoms with van der Waals surface area (Å²) in [6, 6.07) is 10.4. The van der Waals surface area contributed by atoms with Gasteiger partial charge in [0.15, 0.2) is 0 Å². The van der Waals surface area contributed by atoms with Crippen LogP contribution in [0.15, 0.2) is 41.3 Å². The topological polar surface area (TPSA) is 25.2 Å². The summed E-state index contributed by atoms with van der Waals surface area (Å²) < 4.78 is 1.64. The first-order valence-electron chi connectivity index (χ1n) is 6.38. The van der Waals surface area contributed by atoms with Crippen molar-refractivity contribution in [2.45, 2.75) is 13.5 Å². The standard InChI is InChI=1S/C16H20N2O/c1-12-9-15(11-18(4)16(12)19)14-7-5-13(6-8-14)10-17(2)3/h5-9,11H,10H2,1-4H3. The minimum Gasteiger partial charge on any atom is -0.318 e. The average molecular weight is 256 g/mol. The van der Waals surface area contributed by atoms with Gasteiger partial charge < -0.3 is 9.47 Å². The lowest BCUT2D eigenvalue weighted by molar-refractivity contribution is 0.402. The Kier molecular flexibility index (Phi) is 3.86. The molecule has 0 unspecified atom stereocenters. The molecule has 3 heteroatoms. The summed E-state index contributed by atoms with van der Waals surface area (Å²) in [5.74, 6) is 0. The van der Waals surface area contributed by atoms with Crippen molar-refractivity contribution >= 4 is 0 Å². The molecule has 1 aromatic carbocycles. The van der Waals surface area contributed by atoms with Crippen LogP contribution in [0.2, 0.25) is 0 Å². The first-order chi connectivity index (χ1) is 8.97. The van der Waals surface area contributed by atoms with E-state index in [0.29, 0.717) is 0 Å². The lowest BCUT2D eigenvalue weighted by atomic mass is 10.0. The van der Waals surface area contributed by atoms with Crippen LogP contribution in [-0.2, 0) is 13.6 Å². The van der Waals surface area contributed by atoms with E-state index in [0.717, 1.165) is 23.2 Å². The molecule has 0 radical (unpaired) electrons. The van der Waals surface area contributed by atoms with Gasteiger partial charge in [-0.3, -0.25) is 4.79 Å². The molecule has 0 spiro atoms. The molecule has 0 saturated heterocycles. The molecule has 0 atom stereocenters. The molecule has 2 rings (SSSR count). The highest BCUT2D eigenvalue weighted by Crippen LogP contribution is 2.19. The zero-order valence-electron chi connectivity index (χ0n) is 12.0. The minimum atomic E-state index is 0.0629. The Hall–Kier alpha value is -1.87. The monoisotopic (exact) mass is 256 g/mol. The van der Waals surface area contributed by atoms with Gasteiger partial charge in [-0.05, 0) is 43.8 Å². The molecule has 100 valence electrons. The van der Waals surface area contributed by atoms with Gasteiger partial charge in [-0.2, -0.15) is 0 Å². The maximum atomic E-state index is 11.7. The predicted octanol–water partition coefficient (Wildman–Crippen LogP) is 2.42. The molecule has 1 heterocycles. The molecule has 0 fully saturated rings. The second kappa shape index (κ2) is 5.41. The third-order valence-corrected chi connectivity index (χ3v) is 3.15. The maximum Gasteiger partial charge on any atom is 0.253 e. The molecular weight excluding hydrogens is 236 g/mol. The average Bonchev–Trinajstić information content (AvgIpc) is 2.35. The Bertz CT molecular complexity index is 598. The number of hydrogen-bond donors (Lipinski definition) is 0. The zero-order valence-corrected chi connectivity index (χ0v) is 12.0. The lowest BCUT2D eigenvalue weighted by Gasteiger charge is -2.11. The third-order valence-electron chi connectivity index (χ3n) is 3.15. The highest BCUT2D eigenvalue weighted by molar-refractivity contribution is 5.63. The van der Waals surface area contributed by atoms with Gasteiger partial charge in [-0.25, -0.2) is 0 Å². The Labute approximate surface area is 114 Å². The van der Waals surface area contributed by atoms with Crippen LogP contribution in [0, 0.1) is 6.92 Å². The molecule has 0 aliphatic heterocycles. The molecular formula is C16H20N2O. The van der Waals surface area contributed by atoms with Gasteiger partial charge in [0, 0.05) is 25.4 Å². The molecule has 0 N–H and O–H groups in total. The first-order valence-corrected chi connectivity index (χ1v) is 6.38. The number of hydrogen-bond acceptors (Lipinski definition) is 2. The molecule has 19 heavy (non-hydrogen) atoms. The van der Waals surface area contributed by atoms with Crippen LogP contribution in [-0.4, -0.2) is 23.6 Å². The second-order valence-electron chi connectivity index (χ2n) is 5.26. The molecule has 0 aliphatic rings. The third kappa shape index (κ3) is 3.12. The number of rotatable bonds is 3. The van der Waals surface area contributed by atoms with Crippen molar-refractivity contribution in [3.05, 3.63) is 58.0 Å². The van der Waals surface area contributed by atoms with E-state index in [-0.39, 0.29) is 5.56 Å². The molecule has 0 bridgehead atoms. The van der Waals surface area contributed by atoms with E-state index in [1.165, 1.54) is 5.56 Å². The van der Waals surface area contributed by atoms with Gasteiger partial charge in [0.25, 0.3) is 5.56 Å². The Morgan fingerprint density at radius 3 is 2.26 bits per heavy atom. The number of aryl methyl sites for hydroxylation is 2. The Morgan fingerprint density at radius 1 is 1.11 bits per heavy atom. The fraction of sp³-hybridized carbons (Fsp3) is 0.312. The molecule has 3 nitrogen and oxygen atoms in total. The maximum absolute atomic E-state index is 11.7. The molecule has 0 amide bonds. The van der Waals surface area contributed by atoms with E-state index < -0.39 is 0 Å².